The highest BCUT2D eigenvalue weighted by atomic mass is 16.3. The molecule has 1 nitrogen and oxygen atoms in total. The molecule has 0 amide bonds. The van der Waals surface area contributed by atoms with Gasteiger partial charge in [-0.05, 0) is 17.4 Å². The maximum atomic E-state index is 9.45. The van der Waals surface area contributed by atoms with Gasteiger partial charge in [0.05, 0.1) is 6.61 Å². The van der Waals surface area contributed by atoms with Gasteiger partial charge in [-0.1, -0.05) is 44.2 Å². The molecule has 1 atom stereocenters. The van der Waals surface area contributed by atoms with Crippen molar-refractivity contribution in [2.24, 2.45) is 5.41 Å². The van der Waals surface area contributed by atoms with E-state index in [1.807, 2.05) is 18.2 Å². The molecule has 0 aromatic heterocycles. The molecular formula is C12H16O. The second kappa shape index (κ2) is 2.58. The Balaban J connectivity index is 2.37. The number of rotatable bonds is 2. The molecule has 13 heavy (non-hydrogen) atoms. The zero-order chi connectivity index (χ0) is 9.53. The summed E-state index contributed by atoms with van der Waals surface area (Å²) in [6.45, 7) is 4.70. The quantitative estimate of drug-likeness (QED) is 0.733. The van der Waals surface area contributed by atoms with Crippen LogP contribution in [0.2, 0.25) is 0 Å². The van der Waals surface area contributed by atoms with Crippen molar-refractivity contribution in [1.82, 2.24) is 0 Å². The number of benzene rings is 1. The van der Waals surface area contributed by atoms with Crippen molar-refractivity contribution < 1.29 is 5.11 Å². The maximum absolute atomic E-state index is 9.45. The molecule has 70 valence electrons. The topological polar surface area (TPSA) is 20.2 Å². The SMILES string of the molecule is CC1(C)CC1(CO)c1ccccc1. The first-order valence-electron chi connectivity index (χ1n) is 4.79. The van der Waals surface area contributed by atoms with E-state index in [0.29, 0.717) is 0 Å². The highest BCUT2D eigenvalue weighted by Crippen LogP contribution is 2.63. The summed E-state index contributed by atoms with van der Waals surface area (Å²) < 4.78 is 0. The van der Waals surface area contributed by atoms with Crippen LogP contribution in [0, 0.1) is 5.41 Å². The Kier molecular flexibility index (Phi) is 1.74. The van der Waals surface area contributed by atoms with E-state index in [1.165, 1.54) is 5.56 Å². The third-order valence-corrected chi connectivity index (χ3v) is 3.51. The van der Waals surface area contributed by atoms with E-state index in [0.717, 1.165) is 6.42 Å². The third kappa shape index (κ3) is 1.11. The summed E-state index contributed by atoms with van der Waals surface area (Å²) in [6.07, 6.45) is 1.10. The van der Waals surface area contributed by atoms with Gasteiger partial charge in [0, 0.05) is 5.41 Å². The third-order valence-electron chi connectivity index (χ3n) is 3.51. The van der Waals surface area contributed by atoms with Crippen molar-refractivity contribution in [3.05, 3.63) is 35.9 Å². The van der Waals surface area contributed by atoms with E-state index in [2.05, 4.69) is 26.0 Å². The fourth-order valence-corrected chi connectivity index (χ4v) is 2.32. The molecule has 0 radical (unpaired) electrons. The molecule has 2 rings (SSSR count). The summed E-state index contributed by atoms with van der Waals surface area (Å²) in [5.41, 5.74) is 1.58. The second-order valence-electron chi connectivity index (χ2n) is 4.67. The van der Waals surface area contributed by atoms with Gasteiger partial charge < -0.3 is 5.11 Å². The summed E-state index contributed by atoms with van der Waals surface area (Å²) in [5.74, 6) is 0. The van der Waals surface area contributed by atoms with Gasteiger partial charge in [-0.3, -0.25) is 0 Å². The van der Waals surface area contributed by atoms with E-state index < -0.39 is 0 Å². The van der Waals surface area contributed by atoms with Gasteiger partial charge in [-0.2, -0.15) is 0 Å². The Hall–Kier alpha value is -0.820. The van der Waals surface area contributed by atoms with Crippen LogP contribution < -0.4 is 0 Å². The number of aliphatic hydroxyl groups excluding tert-OH is 1. The first kappa shape index (κ1) is 8.76. The predicted octanol–water partition coefficient (Wildman–Crippen LogP) is 2.35. The van der Waals surface area contributed by atoms with E-state index in [4.69, 9.17) is 0 Å². The minimum Gasteiger partial charge on any atom is -0.395 e. The molecule has 1 N–H and O–H groups in total. The van der Waals surface area contributed by atoms with Gasteiger partial charge in [-0.25, -0.2) is 0 Å². The standard InChI is InChI=1S/C12H16O/c1-11(2)8-12(11,9-13)10-6-4-3-5-7-10/h3-7,13H,8-9H2,1-2H3. The van der Waals surface area contributed by atoms with Crippen molar-refractivity contribution >= 4 is 0 Å². The molecule has 0 spiro atoms. The molecule has 1 unspecified atom stereocenters. The van der Waals surface area contributed by atoms with Gasteiger partial charge in [0.1, 0.15) is 0 Å². The molecule has 1 aromatic carbocycles. The van der Waals surface area contributed by atoms with Crippen LogP contribution >= 0.6 is 0 Å². The van der Waals surface area contributed by atoms with Gasteiger partial charge >= 0.3 is 0 Å². The summed E-state index contributed by atoms with van der Waals surface area (Å²) in [5, 5.41) is 9.45. The van der Waals surface area contributed by atoms with Crippen molar-refractivity contribution in [3.63, 3.8) is 0 Å². The van der Waals surface area contributed by atoms with Gasteiger partial charge in [0.15, 0.2) is 0 Å². The van der Waals surface area contributed by atoms with Crippen molar-refractivity contribution in [2.45, 2.75) is 25.7 Å². The lowest BCUT2D eigenvalue weighted by Gasteiger charge is -2.17. The number of hydrogen-bond donors (Lipinski definition) is 1. The summed E-state index contributed by atoms with van der Waals surface area (Å²) in [7, 11) is 0. The zero-order valence-electron chi connectivity index (χ0n) is 8.25. The second-order valence-corrected chi connectivity index (χ2v) is 4.67. The Labute approximate surface area is 79.4 Å². The lowest BCUT2D eigenvalue weighted by molar-refractivity contribution is 0.231. The molecule has 1 aromatic rings. The molecule has 0 aliphatic heterocycles. The Morgan fingerprint density at radius 1 is 1.23 bits per heavy atom. The highest BCUT2D eigenvalue weighted by molar-refractivity contribution is 5.36. The zero-order valence-corrected chi connectivity index (χ0v) is 8.25. The lowest BCUT2D eigenvalue weighted by atomic mass is 9.89. The summed E-state index contributed by atoms with van der Waals surface area (Å²) in [4.78, 5) is 0. The Morgan fingerprint density at radius 3 is 2.15 bits per heavy atom. The van der Waals surface area contributed by atoms with Gasteiger partial charge in [0.2, 0.25) is 0 Å². The minimum absolute atomic E-state index is 0.0360. The molecule has 0 bridgehead atoms. The lowest BCUT2D eigenvalue weighted by Crippen LogP contribution is -2.18. The maximum Gasteiger partial charge on any atom is 0.0533 e. The van der Waals surface area contributed by atoms with Crippen LogP contribution in [-0.4, -0.2) is 11.7 Å². The fraction of sp³-hybridized carbons (Fsp3) is 0.500. The molecule has 1 aliphatic rings. The smallest absolute Gasteiger partial charge is 0.0533 e. The van der Waals surface area contributed by atoms with Crippen molar-refractivity contribution in [1.29, 1.82) is 0 Å². The van der Waals surface area contributed by atoms with Crippen LogP contribution in [0.1, 0.15) is 25.8 Å². The molecule has 1 fully saturated rings. The Bertz CT molecular complexity index is 302. The summed E-state index contributed by atoms with van der Waals surface area (Å²) in [6, 6.07) is 10.3. The van der Waals surface area contributed by atoms with Gasteiger partial charge in [-0.15, -0.1) is 0 Å². The van der Waals surface area contributed by atoms with Crippen molar-refractivity contribution in [2.75, 3.05) is 6.61 Å². The largest absolute Gasteiger partial charge is 0.395 e. The van der Waals surface area contributed by atoms with Gasteiger partial charge in [0.25, 0.3) is 0 Å². The molecule has 1 aliphatic carbocycles. The Morgan fingerprint density at radius 2 is 1.77 bits per heavy atom. The molecular weight excluding hydrogens is 160 g/mol. The normalized spacial score (nSPS) is 30.1. The van der Waals surface area contributed by atoms with Crippen LogP contribution in [0.15, 0.2) is 30.3 Å². The van der Waals surface area contributed by atoms with E-state index in [9.17, 15) is 5.11 Å². The molecule has 1 heteroatoms. The predicted molar refractivity (Wildman–Crippen MR) is 53.6 cm³/mol. The van der Waals surface area contributed by atoms with Crippen LogP contribution in [0.3, 0.4) is 0 Å². The molecule has 1 saturated carbocycles. The average Bonchev–Trinajstić information content (AvgIpc) is 2.72. The van der Waals surface area contributed by atoms with E-state index in [-0.39, 0.29) is 17.4 Å². The minimum atomic E-state index is 0.0360. The van der Waals surface area contributed by atoms with E-state index >= 15 is 0 Å². The first-order chi connectivity index (χ1) is 6.12. The van der Waals surface area contributed by atoms with E-state index in [1.54, 1.807) is 0 Å². The fourth-order valence-electron chi connectivity index (χ4n) is 2.32. The summed E-state index contributed by atoms with van der Waals surface area (Å²) >= 11 is 0. The first-order valence-corrected chi connectivity index (χ1v) is 4.79. The monoisotopic (exact) mass is 176 g/mol. The number of hydrogen-bond acceptors (Lipinski definition) is 1. The molecule has 0 heterocycles. The average molecular weight is 176 g/mol. The van der Waals surface area contributed by atoms with Crippen LogP contribution in [0.4, 0.5) is 0 Å². The van der Waals surface area contributed by atoms with Crippen LogP contribution in [-0.2, 0) is 5.41 Å². The van der Waals surface area contributed by atoms with Crippen LogP contribution in [0.5, 0.6) is 0 Å². The van der Waals surface area contributed by atoms with Crippen molar-refractivity contribution in [3.8, 4) is 0 Å². The molecule has 0 saturated heterocycles. The highest BCUT2D eigenvalue weighted by Gasteiger charge is 2.61. The number of aliphatic hydroxyl groups is 1. The van der Waals surface area contributed by atoms with Crippen LogP contribution in [0.25, 0.3) is 0 Å².